The first-order chi connectivity index (χ1) is 13.2. The molecule has 0 fully saturated rings. The van der Waals surface area contributed by atoms with Gasteiger partial charge < -0.3 is 15.0 Å². The number of benzene rings is 2. The molecule has 1 N–H and O–H groups in total. The number of aryl methyl sites for hydroxylation is 1. The lowest BCUT2D eigenvalue weighted by atomic mass is 10.1. The van der Waals surface area contributed by atoms with Crippen LogP contribution in [0.25, 0.3) is 0 Å². The van der Waals surface area contributed by atoms with E-state index in [0.29, 0.717) is 12.2 Å². The Hall–Kier alpha value is -3.03. The summed E-state index contributed by atoms with van der Waals surface area (Å²) in [7, 11) is 3.00. The van der Waals surface area contributed by atoms with Crippen LogP contribution in [0, 0.1) is 0 Å². The zero-order valence-electron chi connectivity index (χ0n) is 15.5. The molecule has 0 saturated heterocycles. The summed E-state index contributed by atoms with van der Waals surface area (Å²) in [6, 6.07) is 12.0. The monoisotopic (exact) mass is 394 g/mol. The Bertz CT molecular complexity index is 820. The van der Waals surface area contributed by atoms with E-state index in [0.717, 1.165) is 11.6 Å². The van der Waals surface area contributed by atoms with E-state index < -0.39 is 17.6 Å². The van der Waals surface area contributed by atoms with Crippen molar-refractivity contribution < 1.29 is 27.5 Å². The van der Waals surface area contributed by atoms with Crippen LogP contribution in [0.3, 0.4) is 0 Å². The Labute approximate surface area is 161 Å². The molecule has 0 unspecified atom stereocenters. The molecule has 0 radical (unpaired) electrons. The van der Waals surface area contributed by atoms with Gasteiger partial charge in [-0.05, 0) is 36.2 Å². The van der Waals surface area contributed by atoms with Gasteiger partial charge in [0.1, 0.15) is 5.75 Å². The van der Waals surface area contributed by atoms with Crippen LogP contribution in [0.5, 0.6) is 5.75 Å². The molecule has 2 amide bonds. The minimum Gasteiger partial charge on any atom is -0.497 e. The van der Waals surface area contributed by atoms with Crippen LogP contribution < -0.4 is 10.1 Å². The van der Waals surface area contributed by atoms with Crippen molar-refractivity contribution in [2.24, 2.45) is 0 Å². The molecule has 0 aliphatic carbocycles. The standard InChI is InChI=1S/C20H21F3N2O3/c1-25(19(27)12-9-14-7-10-15(28-2)11-8-14)13-18(26)24-17-6-4-3-5-16(17)20(21,22)23/h3-8,10-11H,9,12-13H2,1-2H3,(H,24,26). The van der Waals surface area contributed by atoms with Gasteiger partial charge in [-0.25, -0.2) is 0 Å². The zero-order valence-corrected chi connectivity index (χ0v) is 15.5. The number of alkyl halides is 3. The fourth-order valence-electron chi connectivity index (χ4n) is 2.57. The van der Waals surface area contributed by atoms with Crippen LogP contribution in [0.1, 0.15) is 17.5 Å². The van der Waals surface area contributed by atoms with Crippen molar-refractivity contribution in [1.82, 2.24) is 4.90 Å². The second-order valence-electron chi connectivity index (χ2n) is 6.19. The number of methoxy groups -OCH3 is 1. The van der Waals surface area contributed by atoms with E-state index in [1.807, 2.05) is 12.1 Å². The van der Waals surface area contributed by atoms with E-state index in [9.17, 15) is 22.8 Å². The summed E-state index contributed by atoms with van der Waals surface area (Å²) in [6.07, 6.45) is -3.93. The topological polar surface area (TPSA) is 58.6 Å². The summed E-state index contributed by atoms with van der Waals surface area (Å²) >= 11 is 0. The van der Waals surface area contributed by atoms with Crippen LogP contribution in [0.15, 0.2) is 48.5 Å². The average molecular weight is 394 g/mol. The van der Waals surface area contributed by atoms with Gasteiger partial charge in [0.25, 0.3) is 0 Å². The van der Waals surface area contributed by atoms with Crippen molar-refractivity contribution >= 4 is 17.5 Å². The largest absolute Gasteiger partial charge is 0.497 e. The van der Waals surface area contributed by atoms with E-state index in [-0.39, 0.29) is 24.6 Å². The maximum absolute atomic E-state index is 13.0. The number of anilines is 1. The number of halogens is 3. The van der Waals surface area contributed by atoms with Crippen LogP contribution in [-0.2, 0) is 22.2 Å². The van der Waals surface area contributed by atoms with Crippen molar-refractivity contribution in [3.05, 3.63) is 59.7 Å². The second kappa shape index (κ2) is 9.25. The van der Waals surface area contributed by atoms with Gasteiger partial charge in [-0.3, -0.25) is 9.59 Å². The van der Waals surface area contributed by atoms with Gasteiger partial charge in [-0.1, -0.05) is 24.3 Å². The SMILES string of the molecule is COc1ccc(CCC(=O)N(C)CC(=O)Nc2ccccc2C(F)(F)F)cc1. The molecule has 0 aliphatic rings. The number of hydrogen-bond donors (Lipinski definition) is 1. The molecule has 0 aromatic heterocycles. The Morgan fingerprint density at radius 3 is 2.32 bits per heavy atom. The highest BCUT2D eigenvalue weighted by Gasteiger charge is 2.33. The van der Waals surface area contributed by atoms with E-state index in [1.54, 1.807) is 19.2 Å². The van der Waals surface area contributed by atoms with Crippen molar-refractivity contribution in [2.45, 2.75) is 19.0 Å². The number of ether oxygens (including phenoxy) is 1. The third kappa shape index (κ3) is 6.00. The minimum absolute atomic E-state index is 0.176. The van der Waals surface area contributed by atoms with Gasteiger partial charge in [0, 0.05) is 13.5 Å². The number of likely N-dealkylation sites (N-methyl/N-ethyl adjacent to an activating group) is 1. The predicted octanol–water partition coefficient (Wildman–Crippen LogP) is 3.74. The normalized spacial score (nSPS) is 11.0. The highest BCUT2D eigenvalue weighted by atomic mass is 19.4. The van der Waals surface area contributed by atoms with Crippen LogP contribution in [0.4, 0.5) is 18.9 Å². The lowest BCUT2D eigenvalue weighted by molar-refractivity contribution is -0.137. The Balaban J connectivity index is 1.88. The first kappa shape index (κ1) is 21.3. The molecular weight excluding hydrogens is 373 g/mol. The van der Waals surface area contributed by atoms with Gasteiger partial charge in [-0.2, -0.15) is 13.2 Å². The van der Waals surface area contributed by atoms with Crippen LogP contribution in [-0.4, -0.2) is 37.4 Å². The molecule has 2 aromatic rings. The first-order valence-electron chi connectivity index (χ1n) is 8.53. The highest BCUT2D eigenvalue weighted by molar-refractivity contribution is 5.95. The summed E-state index contributed by atoms with van der Waals surface area (Å²) in [4.78, 5) is 25.4. The fraction of sp³-hybridized carbons (Fsp3) is 0.300. The summed E-state index contributed by atoms with van der Waals surface area (Å²) in [5, 5.41) is 2.22. The predicted molar refractivity (Wildman–Crippen MR) is 99.0 cm³/mol. The molecule has 5 nitrogen and oxygen atoms in total. The fourth-order valence-corrected chi connectivity index (χ4v) is 2.57. The number of para-hydroxylation sites is 1. The molecule has 0 aliphatic heterocycles. The maximum atomic E-state index is 13.0. The summed E-state index contributed by atoms with van der Waals surface area (Å²) in [5.74, 6) is -0.268. The molecule has 0 spiro atoms. The van der Waals surface area contributed by atoms with Gasteiger partial charge >= 0.3 is 6.18 Å². The zero-order chi connectivity index (χ0) is 20.7. The third-order valence-electron chi connectivity index (χ3n) is 4.10. The molecule has 0 heterocycles. The van der Waals surface area contributed by atoms with Crippen molar-refractivity contribution in [3.63, 3.8) is 0 Å². The molecule has 0 saturated carbocycles. The van der Waals surface area contributed by atoms with Crippen LogP contribution in [0.2, 0.25) is 0 Å². The Morgan fingerprint density at radius 2 is 1.71 bits per heavy atom. The lowest BCUT2D eigenvalue weighted by Crippen LogP contribution is -2.35. The Morgan fingerprint density at radius 1 is 1.07 bits per heavy atom. The number of amides is 2. The number of hydrogen-bond acceptors (Lipinski definition) is 3. The highest BCUT2D eigenvalue weighted by Crippen LogP contribution is 2.34. The third-order valence-corrected chi connectivity index (χ3v) is 4.10. The quantitative estimate of drug-likeness (QED) is 0.778. The second-order valence-corrected chi connectivity index (χ2v) is 6.19. The van der Waals surface area contributed by atoms with Crippen molar-refractivity contribution in [2.75, 3.05) is 26.0 Å². The lowest BCUT2D eigenvalue weighted by Gasteiger charge is -2.18. The number of carbonyl (C=O) groups excluding carboxylic acids is 2. The van der Waals surface area contributed by atoms with Gasteiger partial charge in [0.15, 0.2) is 0 Å². The number of rotatable bonds is 7. The minimum atomic E-state index is -4.58. The number of carbonyl (C=O) groups is 2. The van der Waals surface area contributed by atoms with Gasteiger partial charge in [-0.15, -0.1) is 0 Å². The molecule has 0 atom stereocenters. The number of nitrogens with zero attached hydrogens (tertiary/aromatic N) is 1. The first-order valence-corrected chi connectivity index (χ1v) is 8.53. The van der Waals surface area contributed by atoms with Gasteiger partial charge in [0.2, 0.25) is 11.8 Å². The molecule has 0 bridgehead atoms. The summed E-state index contributed by atoms with van der Waals surface area (Å²) in [6.45, 7) is -0.340. The van der Waals surface area contributed by atoms with E-state index in [2.05, 4.69) is 5.32 Å². The van der Waals surface area contributed by atoms with E-state index in [1.165, 1.54) is 30.1 Å². The summed E-state index contributed by atoms with van der Waals surface area (Å²) in [5.41, 5.74) is -0.331. The smallest absolute Gasteiger partial charge is 0.418 e. The van der Waals surface area contributed by atoms with Crippen LogP contribution >= 0.6 is 0 Å². The molecule has 28 heavy (non-hydrogen) atoms. The Kier molecular flexibility index (Phi) is 7.03. The molecule has 8 heteroatoms. The molecule has 2 rings (SSSR count). The molecule has 2 aromatic carbocycles. The van der Waals surface area contributed by atoms with E-state index in [4.69, 9.17) is 4.74 Å². The van der Waals surface area contributed by atoms with Crippen molar-refractivity contribution in [3.8, 4) is 5.75 Å². The number of nitrogens with one attached hydrogen (secondary N) is 1. The van der Waals surface area contributed by atoms with Gasteiger partial charge in [0.05, 0.1) is 24.9 Å². The molecular formula is C20H21F3N2O3. The molecule has 150 valence electrons. The average Bonchev–Trinajstić information content (AvgIpc) is 2.65. The van der Waals surface area contributed by atoms with E-state index >= 15 is 0 Å². The maximum Gasteiger partial charge on any atom is 0.418 e. The summed E-state index contributed by atoms with van der Waals surface area (Å²) < 4.78 is 44.0. The van der Waals surface area contributed by atoms with Crippen molar-refractivity contribution in [1.29, 1.82) is 0 Å².